The zero-order valence-electron chi connectivity index (χ0n) is 19.7. The van der Waals surface area contributed by atoms with E-state index in [0.717, 1.165) is 0 Å². The average molecular weight is 560 g/mol. The van der Waals surface area contributed by atoms with Gasteiger partial charge in [-0.15, -0.1) is 4.13 Å². The molecule has 1 aliphatic rings. The predicted octanol–water partition coefficient (Wildman–Crippen LogP) is 4.70. The van der Waals surface area contributed by atoms with Crippen LogP contribution in [0.25, 0.3) is 43.8 Å². The molecule has 0 saturated heterocycles. The van der Waals surface area contributed by atoms with E-state index in [1.165, 1.54) is 12.1 Å². The van der Waals surface area contributed by atoms with Crippen LogP contribution in [0.1, 0.15) is 20.7 Å². The predicted molar refractivity (Wildman–Crippen MR) is 144 cm³/mol. The number of aromatic carboxylic acids is 2. The van der Waals surface area contributed by atoms with Gasteiger partial charge < -0.3 is 10.2 Å². The summed E-state index contributed by atoms with van der Waals surface area (Å²) in [5.74, 6) is -3.45. The number of carbonyl (C=O) groups is 2. The van der Waals surface area contributed by atoms with Crippen LogP contribution < -0.4 is 4.13 Å². The van der Waals surface area contributed by atoms with Gasteiger partial charge in [-0.25, -0.2) is 26.4 Å². The molecule has 0 unspecified atom stereocenters. The second-order valence-electron chi connectivity index (χ2n) is 8.91. The Labute approximate surface area is 222 Å². The first-order valence-corrected chi connectivity index (χ1v) is 14.4. The van der Waals surface area contributed by atoms with Gasteiger partial charge in [0.1, 0.15) is 9.79 Å². The molecule has 1 aliphatic heterocycles. The summed E-state index contributed by atoms with van der Waals surface area (Å²) in [6.45, 7) is 0. The monoisotopic (exact) mass is 559 g/mol. The molecule has 0 aliphatic carbocycles. The number of benzene rings is 5. The number of carboxylic acid groups (broad SMARTS) is 2. The lowest BCUT2D eigenvalue weighted by Crippen LogP contribution is -2.21. The Morgan fingerprint density at radius 1 is 0.538 bits per heavy atom. The van der Waals surface area contributed by atoms with E-state index in [-0.39, 0.29) is 11.1 Å². The lowest BCUT2D eigenvalue weighted by Gasteiger charge is -2.20. The van der Waals surface area contributed by atoms with Gasteiger partial charge in [0.05, 0.1) is 11.1 Å². The Morgan fingerprint density at radius 3 is 1.28 bits per heavy atom. The van der Waals surface area contributed by atoms with Gasteiger partial charge in [0.2, 0.25) is 0 Å². The largest absolute Gasteiger partial charge is 0.478 e. The molecule has 0 spiro atoms. The summed E-state index contributed by atoms with van der Waals surface area (Å²) in [5, 5.41) is 22.9. The normalized spacial score (nSPS) is 15.3. The molecule has 0 saturated carbocycles. The maximum Gasteiger partial charge on any atom is 0.337 e. The fourth-order valence-electron chi connectivity index (χ4n) is 5.27. The molecule has 0 aromatic heterocycles. The Balaban J connectivity index is 1.96. The Morgan fingerprint density at radius 2 is 0.897 bits per heavy atom. The highest BCUT2D eigenvalue weighted by Gasteiger charge is 2.47. The van der Waals surface area contributed by atoms with Crippen molar-refractivity contribution >= 4 is 53.5 Å². The summed E-state index contributed by atoms with van der Waals surface area (Å²) >= 11 is 0. The highest BCUT2D eigenvalue weighted by Crippen LogP contribution is 2.49. The third-order valence-corrected chi connectivity index (χ3v) is 10.5. The summed E-state index contributed by atoms with van der Waals surface area (Å²) in [6, 6.07) is 22.8. The van der Waals surface area contributed by atoms with Crippen LogP contribution in [-0.4, -0.2) is 39.0 Å². The van der Waals surface area contributed by atoms with E-state index in [2.05, 4.69) is 0 Å². The number of fused-ring (bicyclic) bond motifs is 3. The van der Waals surface area contributed by atoms with Crippen LogP contribution in [0.5, 0.6) is 0 Å². The summed E-state index contributed by atoms with van der Waals surface area (Å²) in [6.07, 6.45) is 0. The number of rotatable bonds is 4. The van der Waals surface area contributed by atoms with Gasteiger partial charge in [0, 0.05) is 11.1 Å². The summed E-state index contributed by atoms with van der Waals surface area (Å²) in [5.41, 5.74) is -2.55. The van der Waals surface area contributed by atoms with Crippen molar-refractivity contribution in [1.82, 2.24) is 4.13 Å². The summed E-state index contributed by atoms with van der Waals surface area (Å²) in [7, 11) is -9.67. The molecule has 0 amide bonds. The van der Waals surface area contributed by atoms with E-state index in [1.807, 2.05) is 0 Å². The second-order valence-corrected chi connectivity index (χ2v) is 12.4. The first-order chi connectivity index (χ1) is 18.5. The second kappa shape index (κ2) is 8.46. The van der Waals surface area contributed by atoms with Gasteiger partial charge in [0.15, 0.2) is 0 Å². The maximum absolute atomic E-state index is 13.5. The molecule has 194 valence electrons. The van der Waals surface area contributed by atoms with Crippen molar-refractivity contribution in [3.8, 4) is 22.3 Å². The molecule has 5 aromatic rings. The van der Waals surface area contributed by atoms with Crippen LogP contribution in [-0.2, 0) is 20.0 Å². The van der Waals surface area contributed by atoms with E-state index < -0.39 is 64.0 Å². The van der Waals surface area contributed by atoms with Crippen molar-refractivity contribution in [1.29, 1.82) is 0 Å². The molecule has 3 N–H and O–H groups in total. The van der Waals surface area contributed by atoms with E-state index >= 15 is 0 Å². The number of nitrogens with one attached hydrogen (secondary N) is 1. The molecule has 9 nitrogen and oxygen atoms in total. The van der Waals surface area contributed by atoms with Crippen molar-refractivity contribution < 1.29 is 36.6 Å². The highest BCUT2D eigenvalue weighted by atomic mass is 32.3. The highest BCUT2D eigenvalue weighted by molar-refractivity contribution is 8.07. The van der Waals surface area contributed by atoms with Crippen molar-refractivity contribution in [3.63, 3.8) is 0 Å². The quantitative estimate of drug-likeness (QED) is 0.286. The average Bonchev–Trinajstić information content (AvgIpc) is 3.10. The van der Waals surface area contributed by atoms with Crippen LogP contribution in [0.4, 0.5) is 0 Å². The van der Waals surface area contributed by atoms with E-state index in [0.29, 0.717) is 21.5 Å². The minimum absolute atomic E-state index is 0.0659. The maximum atomic E-state index is 13.5. The molecule has 5 aromatic carbocycles. The van der Waals surface area contributed by atoms with Gasteiger partial charge in [-0.3, -0.25) is 0 Å². The van der Waals surface area contributed by atoms with Gasteiger partial charge in [0.25, 0.3) is 20.0 Å². The lowest BCUT2D eigenvalue weighted by atomic mass is 9.86. The van der Waals surface area contributed by atoms with Gasteiger partial charge in [-0.1, -0.05) is 84.9 Å². The zero-order valence-corrected chi connectivity index (χ0v) is 21.4. The third kappa shape index (κ3) is 3.62. The van der Waals surface area contributed by atoms with E-state index in [9.17, 15) is 36.6 Å². The first-order valence-electron chi connectivity index (χ1n) is 11.5. The minimum Gasteiger partial charge on any atom is -0.478 e. The van der Waals surface area contributed by atoms with Crippen molar-refractivity contribution in [2.75, 3.05) is 0 Å². The van der Waals surface area contributed by atoms with Crippen molar-refractivity contribution in [2.45, 2.75) is 9.79 Å². The fourth-order valence-corrected chi connectivity index (χ4v) is 9.41. The smallest absolute Gasteiger partial charge is 0.337 e. The van der Waals surface area contributed by atoms with Crippen LogP contribution in [0.15, 0.2) is 94.7 Å². The fraction of sp³-hybridized carbons (Fsp3) is 0. The summed E-state index contributed by atoms with van der Waals surface area (Å²) in [4.78, 5) is 24.1. The molecule has 0 radical (unpaired) electrons. The van der Waals surface area contributed by atoms with Crippen molar-refractivity contribution in [2.24, 2.45) is 0 Å². The Bertz CT molecular complexity index is 1970. The van der Waals surface area contributed by atoms with Crippen LogP contribution in [0, 0.1) is 0 Å². The third-order valence-electron chi connectivity index (χ3n) is 6.71. The SMILES string of the molecule is O=C(O)c1c(C(=O)O)c(-c2cccc3ccccc23)c2c(c1-c1cccc3ccccc13)S(=O)(=O)NS2(=O)=O. The zero-order chi connectivity index (χ0) is 27.7. The molecular weight excluding hydrogens is 542 g/mol. The molecule has 6 rings (SSSR count). The topological polar surface area (TPSA) is 155 Å². The van der Waals surface area contributed by atoms with Gasteiger partial charge >= 0.3 is 11.9 Å². The van der Waals surface area contributed by atoms with E-state index in [1.54, 1.807) is 76.9 Å². The van der Waals surface area contributed by atoms with Gasteiger partial charge in [-0.2, -0.15) is 0 Å². The molecular formula is C28H17NO8S2. The molecule has 0 atom stereocenters. The van der Waals surface area contributed by atoms with Crippen molar-refractivity contribution in [3.05, 3.63) is 96.1 Å². The summed E-state index contributed by atoms with van der Waals surface area (Å²) < 4.78 is 55.5. The number of carboxylic acids is 2. The number of sulfonamides is 2. The molecule has 1 heterocycles. The standard InChI is InChI=1S/C28H17NO8S2/c30-27(31)23-21(19-13-5-9-15-7-1-3-11-17(15)19)25-26(39(36,37)29-38(25,34)35)22(24(23)28(32)33)20-14-6-10-16-8-2-4-12-18(16)20/h1-14,29H,(H,30,31)(H,32,33). The molecule has 11 heteroatoms. The van der Waals surface area contributed by atoms with Crippen LogP contribution in [0.2, 0.25) is 0 Å². The molecule has 0 bridgehead atoms. The Hall–Kier alpha value is -4.58. The Kier molecular flexibility index (Phi) is 5.37. The minimum atomic E-state index is -4.84. The van der Waals surface area contributed by atoms with Crippen LogP contribution in [0.3, 0.4) is 0 Å². The van der Waals surface area contributed by atoms with E-state index in [4.69, 9.17) is 0 Å². The first kappa shape index (κ1) is 24.7. The molecule has 0 fully saturated rings. The number of hydrogen-bond donors (Lipinski definition) is 3. The van der Waals surface area contributed by atoms with Crippen LogP contribution >= 0.6 is 0 Å². The van der Waals surface area contributed by atoms with Gasteiger partial charge in [-0.05, 0) is 32.7 Å². The molecule has 39 heavy (non-hydrogen) atoms. The number of hydrogen-bond acceptors (Lipinski definition) is 6. The lowest BCUT2D eigenvalue weighted by molar-refractivity contribution is 0.0652.